The van der Waals surface area contributed by atoms with Gasteiger partial charge < -0.3 is 15.4 Å². The van der Waals surface area contributed by atoms with Crippen LogP contribution >= 0.6 is 0 Å². The van der Waals surface area contributed by atoms with E-state index in [4.69, 9.17) is 4.74 Å². The zero-order valence-corrected chi connectivity index (χ0v) is 10.3. The number of halogens is 1. The molecule has 2 rings (SSSR count). The van der Waals surface area contributed by atoms with E-state index in [-0.39, 0.29) is 17.8 Å². The van der Waals surface area contributed by atoms with E-state index in [1.807, 2.05) is 0 Å². The van der Waals surface area contributed by atoms with E-state index in [2.05, 4.69) is 10.6 Å². The molecule has 1 atom stereocenters. The van der Waals surface area contributed by atoms with Crippen LogP contribution in [0.25, 0.3) is 0 Å². The number of carbonyl (C=O) groups is 1. The van der Waals surface area contributed by atoms with Gasteiger partial charge in [-0.1, -0.05) is 6.07 Å². The average molecular weight is 252 g/mol. The number of ether oxygens (including phenoxy) is 1. The van der Waals surface area contributed by atoms with E-state index in [9.17, 15) is 9.18 Å². The summed E-state index contributed by atoms with van der Waals surface area (Å²) in [5.74, 6) is 0.348. The molecular weight excluding hydrogens is 235 g/mol. The van der Waals surface area contributed by atoms with Crippen molar-refractivity contribution in [3.63, 3.8) is 0 Å². The summed E-state index contributed by atoms with van der Waals surface area (Å²) in [5, 5.41) is 6.00. The van der Waals surface area contributed by atoms with Crippen molar-refractivity contribution in [1.29, 1.82) is 0 Å². The smallest absolute Gasteiger partial charge is 0.220 e. The molecule has 0 radical (unpaired) electrons. The molecule has 1 saturated heterocycles. The lowest BCUT2D eigenvalue weighted by atomic mass is 10.1. The highest BCUT2D eigenvalue weighted by molar-refractivity contribution is 5.78. The lowest BCUT2D eigenvalue weighted by Gasteiger charge is -2.13. The van der Waals surface area contributed by atoms with E-state index < -0.39 is 0 Å². The third-order valence-corrected chi connectivity index (χ3v) is 3.07. The van der Waals surface area contributed by atoms with Crippen molar-refractivity contribution in [2.24, 2.45) is 0 Å². The normalized spacial score (nSPS) is 18.8. The predicted molar refractivity (Wildman–Crippen MR) is 65.8 cm³/mol. The van der Waals surface area contributed by atoms with Crippen LogP contribution in [0.3, 0.4) is 0 Å². The second-order valence-electron chi connectivity index (χ2n) is 4.35. The van der Waals surface area contributed by atoms with Gasteiger partial charge in [0.15, 0.2) is 0 Å². The van der Waals surface area contributed by atoms with E-state index in [0.717, 1.165) is 6.42 Å². The Bertz CT molecular complexity index is 437. The maximum atomic E-state index is 13.6. The minimum Gasteiger partial charge on any atom is -0.496 e. The summed E-state index contributed by atoms with van der Waals surface area (Å²) in [7, 11) is 1.52. The number of hydrogen-bond donors (Lipinski definition) is 2. The van der Waals surface area contributed by atoms with E-state index >= 15 is 0 Å². The van der Waals surface area contributed by atoms with E-state index in [1.54, 1.807) is 12.1 Å². The first-order chi connectivity index (χ1) is 8.70. The molecule has 98 valence electrons. The van der Waals surface area contributed by atoms with Crippen molar-refractivity contribution in [2.45, 2.75) is 25.4 Å². The number of rotatable bonds is 5. The molecule has 0 spiro atoms. The van der Waals surface area contributed by atoms with Crippen LogP contribution in [0.15, 0.2) is 18.2 Å². The third-order valence-electron chi connectivity index (χ3n) is 3.07. The molecule has 1 aliphatic rings. The highest BCUT2D eigenvalue weighted by atomic mass is 19.1. The lowest BCUT2D eigenvalue weighted by Crippen LogP contribution is -2.35. The fourth-order valence-electron chi connectivity index (χ4n) is 2.10. The summed E-state index contributed by atoms with van der Waals surface area (Å²) in [5.41, 5.74) is 0.518. The number of methoxy groups -OCH3 is 1. The van der Waals surface area contributed by atoms with Crippen LogP contribution in [0.5, 0.6) is 5.75 Å². The largest absolute Gasteiger partial charge is 0.496 e. The van der Waals surface area contributed by atoms with E-state index in [1.165, 1.54) is 13.2 Å². The Morgan fingerprint density at radius 3 is 3.06 bits per heavy atom. The summed E-state index contributed by atoms with van der Waals surface area (Å²) in [6, 6.07) is 4.92. The van der Waals surface area contributed by atoms with Gasteiger partial charge in [-0.05, 0) is 18.6 Å². The Morgan fingerprint density at radius 2 is 2.39 bits per heavy atom. The SMILES string of the molecule is COc1cccc(F)c1CNCC1CCC(=O)N1. The summed E-state index contributed by atoms with van der Waals surface area (Å²) in [6.07, 6.45) is 1.41. The minimum atomic E-state index is -0.280. The first-order valence-electron chi connectivity index (χ1n) is 6.02. The monoisotopic (exact) mass is 252 g/mol. The quantitative estimate of drug-likeness (QED) is 0.828. The molecule has 1 aromatic rings. The molecule has 0 aliphatic carbocycles. The van der Waals surface area contributed by atoms with Gasteiger partial charge in [0, 0.05) is 31.1 Å². The molecule has 1 aliphatic heterocycles. The molecule has 1 amide bonds. The van der Waals surface area contributed by atoms with Gasteiger partial charge in [-0.3, -0.25) is 4.79 Å². The average Bonchev–Trinajstić information content (AvgIpc) is 2.77. The molecule has 1 fully saturated rings. The van der Waals surface area contributed by atoms with Gasteiger partial charge >= 0.3 is 0 Å². The van der Waals surface area contributed by atoms with Crippen molar-refractivity contribution < 1.29 is 13.9 Å². The maximum absolute atomic E-state index is 13.6. The summed E-state index contributed by atoms with van der Waals surface area (Å²) in [4.78, 5) is 11.0. The van der Waals surface area contributed by atoms with Crippen molar-refractivity contribution in [3.05, 3.63) is 29.6 Å². The first-order valence-corrected chi connectivity index (χ1v) is 6.02. The van der Waals surface area contributed by atoms with Crippen LogP contribution in [-0.2, 0) is 11.3 Å². The highest BCUT2D eigenvalue weighted by Crippen LogP contribution is 2.20. The molecule has 0 aromatic heterocycles. The minimum absolute atomic E-state index is 0.0882. The molecule has 2 N–H and O–H groups in total. The fourth-order valence-corrected chi connectivity index (χ4v) is 2.10. The molecule has 1 aromatic carbocycles. The lowest BCUT2D eigenvalue weighted by molar-refractivity contribution is -0.119. The molecule has 4 nitrogen and oxygen atoms in total. The van der Waals surface area contributed by atoms with Gasteiger partial charge in [-0.25, -0.2) is 4.39 Å². The van der Waals surface area contributed by atoms with Crippen molar-refractivity contribution in [1.82, 2.24) is 10.6 Å². The van der Waals surface area contributed by atoms with Gasteiger partial charge in [-0.15, -0.1) is 0 Å². The van der Waals surface area contributed by atoms with Crippen molar-refractivity contribution in [2.75, 3.05) is 13.7 Å². The summed E-state index contributed by atoms with van der Waals surface area (Å²) < 4.78 is 18.7. The Balaban J connectivity index is 1.88. The van der Waals surface area contributed by atoms with Crippen molar-refractivity contribution >= 4 is 5.91 Å². The second kappa shape index (κ2) is 5.82. The zero-order chi connectivity index (χ0) is 13.0. The standard InChI is InChI=1S/C13H17FN2O2/c1-18-12-4-2-3-11(14)10(12)8-15-7-9-5-6-13(17)16-9/h2-4,9,15H,5-8H2,1H3,(H,16,17). The number of carbonyl (C=O) groups excluding carboxylic acids is 1. The van der Waals surface area contributed by atoms with Gasteiger partial charge in [-0.2, -0.15) is 0 Å². The summed E-state index contributed by atoms with van der Waals surface area (Å²) in [6.45, 7) is 1.03. The van der Waals surface area contributed by atoms with Crippen LogP contribution < -0.4 is 15.4 Å². The van der Waals surface area contributed by atoms with Gasteiger partial charge in [0.2, 0.25) is 5.91 Å². The number of hydrogen-bond acceptors (Lipinski definition) is 3. The molecule has 1 unspecified atom stereocenters. The zero-order valence-electron chi connectivity index (χ0n) is 10.3. The van der Waals surface area contributed by atoms with Crippen molar-refractivity contribution in [3.8, 4) is 5.75 Å². The number of amides is 1. The van der Waals surface area contributed by atoms with Crippen LogP contribution in [0.4, 0.5) is 4.39 Å². The van der Waals surface area contributed by atoms with Crippen LogP contribution in [0.2, 0.25) is 0 Å². The summed E-state index contributed by atoms with van der Waals surface area (Å²) >= 11 is 0. The molecular formula is C13H17FN2O2. The molecule has 1 heterocycles. The molecule has 5 heteroatoms. The Hall–Kier alpha value is -1.62. The molecule has 18 heavy (non-hydrogen) atoms. The Labute approximate surface area is 106 Å². The van der Waals surface area contributed by atoms with Gasteiger partial charge in [0.05, 0.1) is 7.11 Å². The van der Waals surface area contributed by atoms with Gasteiger partial charge in [0.25, 0.3) is 0 Å². The maximum Gasteiger partial charge on any atom is 0.220 e. The van der Waals surface area contributed by atoms with E-state index in [0.29, 0.717) is 30.8 Å². The number of benzene rings is 1. The predicted octanol–water partition coefficient (Wildman–Crippen LogP) is 1.20. The Kier molecular flexibility index (Phi) is 4.15. The molecule has 0 saturated carbocycles. The Morgan fingerprint density at radius 1 is 1.56 bits per heavy atom. The first kappa shape index (κ1) is 12.8. The third kappa shape index (κ3) is 2.98. The highest BCUT2D eigenvalue weighted by Gasteiger charge is 2.20. The van der Waals surface area contributed by atoms with Crippen LogP contribution in [-0.4, -0.2) is 25.6 Å². The number of nitrogens with one attached hydrogen (secondary N) is 2. The topological polar surface area (TPSA) is 50.4 Å². The van der Waals surface area contributed by atoms with Crippen LogP contribution in [0.1, 0.15) is 18.4 Å². The van der Waals surface area contributed by atoms with Gasteiger partial charge in [0.1, 0.15) is 11.6 Å². The fraction of sp³-hybridized carbons (Fsp3) is 0.462. The second-order valence-corrected chi connectivity index (χ2v) is 4.35. The van der Waals surface area contributed by atoms with Crippen LogP contribution in [0, 0.1) is 5.82 Å². The molecule has 0 bridgehead atoms.